The lowest BCUT2D eigenvalue weighted by molar-refractivity contribution is 0.0594. The molecule has 5 heteroatoms. The van der Waals surface area contributed by atoms with Crippen LogP contribution in [0.3, 0.4) is 0 Å². The summed E-state index contributed by atoms with van der Waals surface area (Å²) < 4.78 is 7.14. The topological polar surface area (TPSA) is 47.4 Å². The summed E-state index contributed by atoms with van der Waals surface area (Å²) in [5, 5.41) is 1.05. The van der Waals surface area contributed by atoms with Crippen LogP contribution in [0.4, 0.5) is 0 Å². The van der Waals surface area contributed by atoms with Crippen molar-refractivity contribution < 1.29 is 9.53 Å². The zero-order valence-electron chi connectivity index (χ0n) is 15.8. The van der Waals surface area contributed by atoms with Crippen LogP contribution in [0.5, 0.6) is 0 Å². The van der Waals surface area contributed by atoms with Crippen molar-refractivity contribution in [3.63, 3.8) is 0 Å². The van der Waals surface area contributed by atoms with E-state index in [-0.39, 0.29) is 0 Å². The van der Waals surface area contributed by atoms with E-state index in [9.17, 15) is 4.79 Å². The van der Waals surface area contributed by atoms with E-state index in [4.69, 9.17) is 4.74 Å². The molecular weight excluding hydrogens is 338 g/mol. The highest BCUT2D eigenvalue weighted by Crippen LogP contribution is 2.32. The number of benzene rings is 1. The molecule has 2 atom stereocenters. The molecular formula is C22H25N3O2. The number of hydrogen-bond donors (Lipinski definition) is 0. The van der Waals surface area contributed by atoms with Gasteiger partial charge in [-0.3, -0.25) is 4.90 Å². The van der Waals surface area contributed by atoms with Gasteiger partial charge in [-0.15, -0.1) is 0 Å². The van der Waals surface area contributed by atoms with Gasteiger partial charge in [0.05, 0.1) is 12.6 Å². The molecule has 0 saturated carbocycles. The fraction of sp³-hybridized carbons (Fsp3) is 0.364. The Hall–Kier alpha value is -2.66. The highest BCUT2D eigenvalue weighted by molar-refractivity contribution is 5.92. The molecule has 0 aliphatic carbocycles. The number of likely N-dealkylation sites (tertiary alicyclic amines) is 1. The summed E-state index contributed by atoms with van der Waals surface area (Å²) in [6.45, 7) is 5.40. The summed E-state index contributed by atoms with van der Waals surface area (Å²) in [6, 6.07) is 14.9. The zero-order chi connectivity index (χ0) is 18.8. The van der Waals surface area contributed by atoms with Crippen molar-refractivity contribution in [3.8, 4) is 0 Å². The average molecular weight is 363 g/mol. The molecule has 3 aromatic rings. The third kappa shape index (κ3) is 3.60. The third-order valence-corrected chi connectivity index (χ3v) is 5.61. The van der Waals surface area contributed by atoms with Gasteiger partial charge in [0, 0.05) is 36.9 Å². The fourth-order valence-corrected chi connectivity index (χ4v) is 4.02. The first-order valence-corrected chi connectivity index (χ1v) is 9.47. The second-order valence-electron chi connectivity index (χ2n) is 7.40. The van der Waals surface area contributed by atoms with Crippen LogP contribution < -0.4 is 0 Å². The van der Waals surface area contributed by atoms with Crippen molar-refractivity contribution in [1.82, 2.24) is 14.5 Å². The van der Waals surface area contributed by atoms with E-state index < -0.39 is 5.97 Å². The SMILES string of the molecule is COC(=O)c1cc2c(ccn2C2CN(Cc3ccccc3)CCC2C)cn1. The molecule has 27 heavy (non-hydrogen) atoms. The molecule has 1 aliphatic heterocycles. The van der Waals surface area contributed by atoms with E-state index in [0.29, 0.717) is 17.7 Å². The number of methoxy groups -OCH3 is 1. The summed E-state index contributed by atoms with van der Waals surface area (Å²) in [4.78, 5) is 18.6. The maximum absolute atomic E-state index is 11.9. The number of nitrogens with zero attached hydrogens (tertiary/aromatic N) is 3. The van der Waals surface area contributed by atoms with Crippen LogP contribution in [0.25, 0.3) is 10.9 Å². The molecule has 0 radical (unpaired) electrons. The van der Waals surface area contributed by atoms with Crippen LogP contribution >= 0.6 is 0 Å². The number of piperidine rings is 1. The number of ether oxygens (including phenoxy) is 1. The first kappa shape index (κ1) is 17.7. The van der Waals surface area contributed by atoms with Gasteiger partial charge >= 0.3 is 5.97 Å². The number of aromatic nitrogens is 2. The molecule has 0 amide bonds. The Balaban J connectivity index is 1.61. The van der Waals surface area contributed by atoms with Crippen LogP contribution in [0.2, 0.25) is 0 Å². The molecule has 5 nitrogen and oxygen atoms in total. The standard InChI is InChI=1S/C22H25N3O2/c1-16-8-10-24(14-17-6-4-3-5-7-17)15-21(16)25-11-9-18-13-23-19(12-20(18)25)22(26)27-2/h3-7,9,11-13,16,21H,8,10,14-15H2,1-2H3. The van der Waals surface area contributed by atoms with Crippen molar-refractivity contribution in [2.75, 3.05) is 20.2 Å². The van der Waals surface area contributed by atoms with Gasteiger partial charge < -0.3 is 9.30 Å². The van der Waals surface area contributed by atoms with E-state index in [2.05, 4.69) is 64.0 Å². The number of carbonyl (C=O) groups excluding carboxylic acids is 1. The maximum Gasteiger partial charge on any atom is 0.356 e. The van der Waals surface area contributed by atoms with Crippen LogP contribution in [0.1, 0.15) is 35.4 Å². The summed E-state index contributed by atoms with van der Waals surface area (Å²) in [7, 11) is 1.39. The van der Waals surface area contributed by atoms with Crippen molar-refractivity contribution in [2.45, 2.75) is 25.9 Å². The number of rotatable bonds is 4. The molecule has 140 valence electrons. The number of fused-ring (bicyclic) bond motifs is 1. The van der Waals surface area contributed by atoms with Crippen molar-refractivity contribution >= 4 is 16.9 Å². The molecule has 2 unspecified atom stereocenters. The third-order valence-electron chi connectivity index (χ3n) is 5.61. The largest absolute Gasteiger partial charge is 0.464 e. The number of pyridine rings is 1. The zero-order valence-corrected chi connectivity index (χ0v) is 15.8. The minimum absolute atomic E-state index is 0.356. The molecule has 0 bridgehead atoms. The van der Waals surface area contributed by atoms with Crippen LogP contribution in [0.15, 0.2) is 54.9 Å². The Morgan fingerprint density at radius 2 is 2.07 bits per heavy atom. The van der Waals surface area contributed by atoms with Gasteiger partial charge in [-0.25, -0.2) is 9.78 Å². The predicted molar refractivity (Wildman–Crippen MR) is 106 cm³/mol. The molecule has 0 spiro atoms. The normalized spacial score (nSPS) is 20.7. The lowest BCUT2D eigenvalue weighted by Gasteiger charge is -2.38. The summed E-state index contributed by atoms with van der Waals surface area (Å²) >= 11 is 0. The molecule has 2 aromatic heterocycles. The lowest BCUT2D eigenvalue weighted by Crippen LogP contribution is -2.40. The van der Waals surface area contributed by atoms with E-state index in [1.165, 1.54) is 12.7 Å². The Kier molecular flexibility index (Phi) is 4.94. The van der Waals surface area contributed by atoms with Gasteiger partial charge in [0.1, 0.15) is 5.69 Å². The highest BCUT2D eigenvalue weighted by Gasteiger charge is 2.28. The summed E-state index contributed by atoms with van der Waals surface area (Å²) in [5.41, 5.74) is 2.75. The smallest absolute Gasteiger partial charge is 0.356 e. The number of esters is 1. The van der Waals surface area contributed by atoms with Crippen molar-refractivity contribution in [1.29, 1.82) is 0 Å². The first-order chi connectivity index (χ1) is 13.2. The highest BCUT2D eigenvalue weighted by atomic mass is 16.5. The Morgan fingerprint density at radius 3 is 2.85 bits per heavy atom. The Morgan fingerprint density at radius 1 is 1.26 bits per heavy atom. The van der Waals surface area contributed by atoms with Gasteiger partial charge in [-0.05, 0) is 36.6 Å². The second kappa shape index (κ2) is 7.53. The van der Waals surface area contributed by atoms with Crippen LogP contribution in [-0.2, 0) is 11.3 Å². The van der Waals surface area contributed by atoms with Gasteiger partial charge in [0.15, 0.2) is 0 Å². The van der Waals surface area contributed by atoms with Crippen LogP contribution in [-0.4, -0.2) is 40.6 Å². The summed E-state index contributed by atoms with van der Waals surface area (Å²) in [5.74, 6) is 0.175. The van der Waals surface area contributed by atoms with Gasteiger partial charge in [-0.2, -0.15) is 0 Å². The Bertz CT molecular complexity index is 935. The second-order valence-corrected chi connectivity index (χ2v) is 7.40. The van der Waals surface area contributed by atoms with Crippen molar-refractivity contribution in [2.24, 2.45) is 5.92 Å². The summed E-state index contributed by atoms with van der Waals surface area (Å²) in [6.07, 6.45) is 5.04. The number of carbonyl (C=O) groups is 1. The average Bonchev–Trinajstić information content (AvgIpc) is 3.12. The predicted octanol–water partition coefficient (Wildman–Crippen LogP) is 3.91. The van der Waals surface area contributed by atoms with Crippen molar-refractivity contribution in [3.05, 3.63) is 66.1 Å². The fourth-order valence-electron chi connectivity index (χ4n) is 4.02. The first-order valence-electron chi connectivity index (χ1n) is 9.47. The van der Waals surface area contributed by atoms with Gasteiger partial charge in [-0.1, -0.05) is 37.3 Å². The Labute approximate surface area is 159 Å². The quantitative estimate of drug-likeness (QED) is 0.660. The van der Waals surface area contributed by atoms with Gasteiger partial charge in [0.25, 0.3) is 0 Å². The minimum atomic E-state index is -0.396. The lowest BCUT2D eigenvalue weighted by atomic mass is 9.92. The van der Waals surface area contributed by atoms with Gasteiger partial charge in [0.2, 0.25) is 0 Å². The number of hydrogen-bond acceptors (Lipinski definition) is 4. The molecule has 3 heterocycles. The molecule has 1 aromatic carbocycles. The monoisotopic (exact) mass is 363 g/mol. The minimum Gasteiger partial charge on any atom is -0.464 e. The molecule has 1 aliphatic rings. The molecule has 1 fully saturated rings. The van der Waals surface area contributed by atoms with E-state index in [1.54, 1.807) is 6.20 Å². The molecule has 1 saturated heterocycles. The van der Waals surface area contributed by atoms with E-state index >= 15 is 0 Å². The molecule has 4 rings (SSSR count). The van der Waals surface area contributed by atoms with E-state index in [0.717, 1.165) is 37.0 Å². The molecule has 0 N–H and O–H groups in total. The van der Waals surface area contributed by atoms with E-state index in [1.807, 2.05) is 6.07 Å². The van der Waals surface area contributed by atoms with Crippen LogP contribution in [0, 0.1) is 5.92 Å². The maximum atomic E-state index is 11.9.